The lowest BCUT2D eigenvalue weighted by Gasteiger charge is -2.11. The number of hydrogen-bond donors (Lipinski definition) is 2. The predicted molar refractivity (Wildman–Crippen MR) is 82.7 cm³/mol. The summed E-state index contributed by atoms with van der Waals surface area (Å²) < 4.78 is 29.2. The molecule has 0 bridgehead atoms. The second-order valence-corrected chi connectivity index (χ2v) is 5.68. The predicted octanol–water partition coefficient (Wildman–Crippen LogP) is 1.75. The first-order valence-corrected chi connectivity index (χ1v) is 7.69. The molecule has 7 nitrogen and oxygen atoms in total. The third kappa shape index (κ3) is 5.61. The number of amides is 2. The maximum absolute atomic E-state index is 12.2. The highest BCUT2D eigenvalue weighted by atomic mass is 32.2. The molecule has 2 rings (SSSR count). The van der Waals surface area contributed by atoms with E-state index in [-0.39, 0.29) is 24.5 Å². The van der Waals surface area contributed by atoms with Crippen molar-refractivity contribution < 1.29 is 27.9 Å². The summed E-state index contributed by atoms with van der Waals surface area (Å²) >= 11 is 0.398. The number of esters is 1. The number of halogens is 2. The minimum atomic E-state index is -2.52. The minimum Gasteiger partial charge on any atom is -0.451 e. The first kappa shape index (κ1) is 17.9. The van der Waals surface area contributed by atoms with Gasteiger partial charge in [0.05, 0.1) is 0 Å². The van der Waals surface area contributed by atoms with Crippen molar-refractivity contribution in [2.75, 3.05) is 11.9 Å². The highest BCUT2D eigenvalue weighted by Crippen LogP contribution is 2.26. The molecule has 1 aromatic rings. The Labute approximate surface area is 139 Å². The SMILES string of the molecule is O=C1CCC(C(=O)OCC(=O)Nc2ccc(SC(F)F)cc2)=NN1. The molecule has 1 aromatic carbocycles. The van der Waals surface area contributed by atoms with E-state index < -0.39 is 24.2 Å². The van der Waals surface area contributed by atoms with E-state index in [2.05, 4.69) is 15.8 Å². The highest BCUT2D eigenvalue weighted by molar-refractivity contribution is 7.99. The maximum Gasteiger partial charge on any atom is 0.355 e. The zero-order valence-electron chi connectivity index (χ0n) is 12.3. The Morgan fingerprint density at radius 2 is 2.00 bits per heavy atom. The number of thioether (sulfide) groups is 1. The van der Waals surface area contributed by atoms with Crippen LogP contribution in [0.1, 0.15) is 12.8 Å². The quantitative estimate of drug-likeness (QED) is 0.597. The Morgan fingerprint density at radius 3 is 2.58 bits per heavy atom. The van der Waals surface area contributed by atoms with Crippen LogP contribution in [0.15, 0.2) is 34.3 Å². The van der Waals surface area contributed by atoms with Crippen LogP contribution in [0.25, 0.3) is 0 Å². The van der Waals surface area contributed by atoms with E-state index in [1.54, 1.807) is 0 Å². The molecule has 2 N–H and O–H groups in total. The highest BCUT2D eigenvalue weighted by Gasteiger charge is 2.20. The minimum absolute atomic E-state index is 0.0378. The van der Waals surface area contributed by atoms with Crippen molar-refractivity contribution in [1.29, 1.82) is 0 Å². The molecular weight excluding hydrogens is 344 g/mol. The van der Waals surface area contributed by atoms with Gasteiger partial charge in [0.15, 0.2) is 6.61 Å². The molecule has 1 aliphatic heterocycles. The first-order valence-electron chi connectivity index (χ1n) is 6.81. The Balaban J connectivity index is 1.78. The normalized spacial score (nSPS) is 14.0. The summed E-state index contributed by atoms with van der Waals surface area (Å²) in [6.45, 7) is -0.528. The molecule has 1 aliphatic rings. The number of ether oxygens (including phenoxy) is 1. The molecule has 128 valence electrons. The van der Waals surface area contributed by atoms with Crippen LogP contribution in [-0.4, -0.2) is 35.9 Å². The number of rotatable bonds is 6. The molecule has 0 saturated carbocycles. The van der Waals surface area contributed by atoms with Gasteiger partial charge >= 0.3 is 5.97 Å². The van der Waals surface area contributed by atoms with Crippen LogP contribution in [-0.2, 0) is 19.1 Å². The van der Waals surface area contributed by atoms with Crippen molar-refractivity contribution in [3.8, 4) is 0 Å². The smallest absolute Gasteiger partial charge is 0.355 e. The molecule has 24 heavy (non-hydrogen) atoms. The van der Waals surface area contributed by atoms with E-state index in [9.17, 15) is 23.2 Å². The fourth-order valence-electron chi connectivity index (χ4n) is 1.75. The van der Waals surface area contributed by atoms with E-state index in [4.69, 9.17) is 4.74 Å². The van der Waals surface area contributed by atoms with Crippen LogP contribution < -0.4 is 10.7 Å². The van der Waals surface area contributed by atoms with E-state index in [0.29, 0.717) is 22.3 Å². The van der Waals surface area contributed by atoms with Crippen LogP contribution in [0, 0.1) is 0 Å². The molecule has 2 amide bonds. The Kier molecular flexibility index (Phi) is 6.24. The van der Waals surface area contributed by atoms with Gasteiger partial charge in [-0.15, -0.1) is 0 Å². The lowest BCUT2D eigenvalue weighted by atomic mass is 10.2. The molecule has 0 aromatic heterocycles. The van der Waals surface area contributed by atoms with Crippen molar-refractivity contribution in [2.24, 2.45) is 5.10 Å². The Bertz CT molecular complexity index is 664. The average Bonchev–Trinajstić information content (AvgIpc) is 2.54. The van der Waals surface area contributed by atoms with Crippen molar-refractivity contribution in [3.05, 3.63) is 24.3 Å². The summed E-state index contributed by atoms with van der Waals surface area (Å²) in [7, 11) is 0. The number of anilines is 1. The number of carbonyl (C=O) groups is 3. The summed E-state index contributed by atoms with van der Waals surface area (Å²) in [5.41, 5.74) is 2.58. The Morgan fingerprint density at radius 1 is 1.29 bits per heavy atom. The van der Waals surface area contributed by atoms with Crippen molar-refractivity contribution in [3.63, 3.8) is 0 Å². The largest absolute Gasteiger partial charge is 0.451 e. The van der Waals surface area contributed by atoms with Gasteiger partial charge in [-0.3, -0.25) is 9.59 Å². The van der Waals surface area contributed by atoms with E-state index in [1.807, 2.05) is 0 Å². The molecule has 0 spiro atoms. The van der Waals surface area contributed by atoms with Crippen LogP contribution in [0.4, 0.5) is 14.5 Å². The van der Waals surface area contributed by atoms with E-state index >= 15 is 0 Å². The molecule has 0 fully saturated rings. The van der Waals surface area contributed by atoms with Gasteiger partial charge in [0.2, 0.25) is 5.91 Å². The van der Waals surface area contributed by atoms with E-state index in [0.717, 1.165) is 0 Å². The van der Waals surface area contributed by atoms with Crippen LogP contribution >= 0.6 is 11.8 Å². The Hall–Kier alpha value is -2.49. The van der Waals surface area contributed by atoms with E-state index in [1.165, 1.54) is 24.3 Å². The number of carbonyl (C=O) groups excluding carboxylic acids is 3. The maximum atomic E-state index is 12.2. The molecule has 10 heteroatoms. The van der Waals surface area contributed by atoms with Gasteiger partial charge in [-0.25, -0.2) is 10.2 Å². The third-order valence-electron chi connectivity index (χ3n) is 2.84. The molecular formula is C14H13F2N3O4S. The molecule has 0 aliphatic carbocycles. The van der Waals surface area contributed by atoms with Crippen LogP contribution in [0.5, 0.6) is 0 Å². The van der Waals surface area contributed by atoms with Crippen molar-refractivity contribution in [1.82, 2.24) is 5.43 Å². The summed E-state index contributed by atoms with van der Waals surface area (Å²) in [4.78, 5) is 34.6. The number of benzene rings is 1. The number of hydrazone groups is 1. The summed E-state index contributed by atoms with van der Waals surface area (Å²) in [6, 6.07) is 5.81. The van der Waals surface area contributed by atoms with Crippen molar-refractivity contribution in [2.45, 2.75) is 23.5 Å². The molecule has 0 saturated heterocycles. The zero-order valence-corrected chi connectivity index (χ0v) is 13.1. The molecule has 0 unspecified atom stereocenters. The lowest BCUT2D eigenvalue weighted by molar-refractivity contribution is -0.140. The number of nitrogens with one attached hydrogen (secondary N) is 2. The van der Waals surface area contributed by atoms with Gasteiger partial charge in [-0.05, 0) is 24.3 Å². The molecule has 0 radical (unpaired) electrons. The monoisotopic (exact) mass is 357 g/mol. The van der Waals surface area contributed by atoms with Crippen molar-refractivity contribution >= 4 is 40.9 Å². The zero-order chi connectivity index (χ0) is 17.5. The summed E-state index contributed by atoms with van der Waals surface area (Å²) in [5, 5.41) is 6.02. The summed E-state index contributed by atoms with van der Waals surface area (Å²) in [6.07, 6.45) is 0.276. The van der Waals surface area contributed by atoms with Gasteiger partial charge in [-0.1, -0.05) is 11.8 Å². The molecule has 1 heterocycles. The number of nitrogens with zero attached hydrogens (tertiary/aromatic N) is 1. The number of alkyl halides is 2. The topological polar surface area (TPSA) is 96.9 Å². The second-order valence-electron chi connectivity index (χ2n) is 4.62. The van der Waals surface area contributed by atoms with Gasteiger partial charge in [0, 0.05) is 23.4 Å². The van der Waals surface area contributed by atoms with Gasteiger partial charge < -0.3 is 10.1 Å². The third-order valence-corrected chi connectivity index (χ3v) is 3.56. The fourth-order valence-corrected chi connectivity index (χ4v) is 2.25. The fraction of sp³-hybridized carbons (Fsp3) is 0.286. The van der Waals surface area contributed by atoms with Gasteiger partial charge in [-0.2, -0.15) is 13.9 Å². The van der Waals surface area contributed by atoms with Crippen LogP contribution in [0.3, 0.4) is 0 Å². The summed E-state index contributed by atoms with van der Waals surface area (Å²) in [5.74, 6) is -4.18. The lowest BCUT2D eigenvalue weighted by Crippen LogP contribution is -2.32. The first-order chi connectivity index (χ1) is 11.4. The molecule has 0 atom stereocenters. The van der Waals surface area contributed by atoms with Gasteiger partial charge in [0.1, 0.15) is 5.71 Å². The second kappa shape index (κ2) is 8.39. The average molecular weight is 357 g/mol. The van der Waals surface area contributed by atoms with Gasteiger partial charge in [0.25, 0.3) is 11.7 Å². The number of hydrogen-bond acceptors (Lipinski definition) is 6. The van der Waals surface area contributed by atoms with Crippen LogP contribution in [0.2, 0.25) is 0 Å². The standard InChI is InChI=1S/C14H13F2N3O4S/c15-14(16)24-9-3-1-8(2-4-9)17-12(21)7-23-13(22)10-5-6-11(20)19-18-10/h1-4,14H,5-7H2,(H,17,21)(H,19,20).